The lowest BCUT2D eigenvalue weighted by molar-refractivity contribution is -0.118. The molecule has 0 unspecified atom stereocenters. The lowest BCUT2D eigenvalue weighted by Crippen LogP contribution is -2.29. The van der Waals surface area contributed by atoms with Crippen LogP contribution in [0.15, 0.2) is 22.5 Å². The van der Waals surface area contributed by atoms with Crippen LogP contribution >= 0.6 is 23.1 Å². The standard InChI is InChI=1S/C15H20N4O2S2/c1-10-4-5-12(11(2)8-10)21-7-6-17-13(20)9-22-15-19-18-14(16-3)23-15/h4-5,8H,6-7,9H2,1-3H3,(H,16,18)(H,17,20). The Morgan fingerprint density at radius 2 is 2.17 bits per heavy atom. The van der Waals surface area contributed by atoms with Crippen LogP contribution in [0.1, 0.15) is 11.1 Å². The molecule has 0 radical (unpaired) electrons. The number of rotatable bonds is 8. The molecule has 2 rings (SSSR count). The van der Waals surface area contributed by atoms with Crippen LogP contribution in [0.25, 0.3) is 0 Å². The molecule has 0 atom stereocenters. The van der Waals surface area contributed by atoms with Crippen molar-refractivity contribution in [3.05, 3.63) is 29.3 Å². The topological polar surface area (TPSA) is 76.1 Å². The van der Waals surface area contributed by atoms with Gasteiger partial charge in [-0.05, 0) is 25.5 Å². The second kappa shape index (κ2) is 8.73. The molecule has 0 aliphatic carbocycles. The number of anilines is 1. The Kier molecular flexibility index (Phi) is 6.66. The van der Waals surface area contributed by atoms with Gasteiger partial charge in [-0.1, -0.05) is 40.8 Å². The molecule has 1 aromatic heterocycles. The van der Waals surface area contributed by atoms with Crippen molar-refractivity contribution in [2.45, 2.75) is 18.2 Å². The summed E-state index contributed by atoms with van der Waals surface area (Å²) in [7, 11) is 1.79. The first kappa shape index (κ1) is 17.6. The fourth-order valence-corrected chi connectivity index (χ4v) is 3.40. The van der Waals surface area contributed by atoms with E-state index < -0.39 is 0 Å². The number of ether oxygens (including phenoxy) is 1. The number of nitrogens with zero attached hydrogens (tertiary/aromatic N) is 2. The summed E-state index contributed by atoms with van der Waals surface area (Å²) in [5.41, 5.74) is 2.31. The van der Waals surface area contributed by atoms with Crippen LogP contribution in [0, 0.1) is 13.8 Å². The van der Waals surface area contributed by atoms with E-state index in [0.717, 1.165) is 20.8 Å². The van der Waals surface area contributed by atoms with Crippen LogP contribution in [-0.4, -0.2) is 42.1 Å². The van der Waals surface area contributed by atoms with Crippen molar-refractivity contribution in [3.63, 3.8) is 0 Å². The van der Waals surface area contributed by atoms with Gasteiger partial charge in [0, 0.05) is 7.05 Å². The Labute approximate surface area is 144 Å². The van der Waals surface area contributed by atoms with Crippen molar-refractivity contribution in [1.82, 2.24) is 15.5 Å². The lowest BCUT2D eigenvalue weighted by Gasteiger charge is -2.10. The molecule has 1 amide bonds. The maximum Gasteiger partial charge on any atom is 0.230 e. The largest absolute Gasteiger partial charge is 0.491 e. The fraction of sp³-hybridized carbons (Fsp3) is 0.400. The van der Waals surface area contributed by atoms with Gasteiger partial charge in [-0.15, -0.1) is 10.2 Å². The quantitative estimate of drug-likeness (QED) is 0.561. The first-order valence-electron chi connectivity index (χ1n) is 7.19. The zero-order valence-corrected chi connectivity index (χ0v) is 15.0. The van der Waals surface area contributed by atoms with Crippen LogP contribution in [0.3, 0.4) is 0 Å². The van der Waals surface area contributed by atoms with Crippen LogP contribution < -0.4 is 15.4 Å². The maximum atomic E-state index is 11.8. The van der Waals surface area contributed by atoms with E-state index in [2.05, 4.69) is 26.9 Å². The Hall–Kier alpha value is -1.80. The molecule has 0 saturated carbocycles. The predicted octanol–water partition coefficient (Wildman–Crippen LogP) is 2.48. The number of amides is 1. The highest BCUT2D eigenvalue weighted by molar-refractivity contribution is 8.01. The van der Waals surface area contributed by atoms with E-state index in [1.54, 1.807) is 7.05 Å². The van der Waals surface area contributed by atoms with Crippen molar-refractivity contribution in [3.8, 4) is 5.75 Å². The third-order valence-electron chi connectivity index (χ3n) is 2.96. The first-order valence-corrected chi connectivity index (χ1v) is 8.99. The molecule has 0 bridgehead atoms. The van der Waals surface area contributed by atoms with Gasteiger partial charge >= 0.3 is 0 Å². The van der Waals surface area contributed by atoms with Gasteiger partial charge in [-0.3, -0.25) is 4.79 Å². The van der Waals surface area contributed by atoms with Crippen molar-refractivity contribution < 1.29 is 9.53 Å². The molecule has 2 aromatic rings. The SMILES string of the molecule is CNc1nnc(SCC(=O)NCCOc2ccc(C)cc2C)s1. The molecule has 0 saturated heterocycles. The Balaban J connectivity index is 1.64. The summed E-state index contributed by atoms with van der Waals surface area (Å²) in [4.78, 5) is 11.8. The van der Waals surface area contributed by atoms with Crippen molar-refractivity contribution in [2.24, 2.45) is 0 Å². The average Bonchev–Trinajstić information content (AvgIpc) is 2.99. The second-order valence-electron chi connectivity index (χ2n) is 4.88. The van der Waals surface area contributed by atoms with Gasteiger partial charge in [0.1, 0.15) is 12.4 Å². The zero-order chi connectivity index (χ0) is 16.7. The van der Waals surface area contributed by atoms with Gasteiger partial charge in [0.05, 0.1) is 12.3 Å². The van der Waals surface area contributed by atoms with Crippen molar-refractivity contribution >= 4 is 34.1 Å². The van der Waals surface area contributed by atoms with Gasteiger partial charge in [0.15, 0.2) is 4.34 Å². The van der Waals surface area contributed by atoms with Gasteiger partial charge in [-0.25, -0.2) is 0 Å². The van der Waals surface area contributed by atoms with E-state index in [1.807, 2.05) is 26.0 Å². The molecular formula is C15H20N4O2S2. The second-order valence-corrected chi connectivity index (χ2v) is 7.08. The number of hydrogen-bond acceptors (Lipinski definition) is 7. The Bertz CT molecular complexity index is 661. The molecule has 0 fully saturated rings. The monoisotopic (exact) mass is 352 g/mol. The summed E-state index contributed by atoms with van der Waals surface area (Å²) in [5.74, 6) is 1.13. The molecule has 8 heteroatoms. The highest BCUT2D eigenvalue weighted by Gasteiger charge is 2.07. The van der Waals surface area contributed by atoms with Crippen molar-refractivity contribution in [1.29, 1.82) is 0 Å². The number of thioether (sulfide) groups is 1. The summed E-state index contributed by atoms with van der Waals surface area (Å²) in [6.45, 7) is 4.98. The first-order chi connectivity index (χ1) is 11.1. The summed E-state index contributed by atoms with van der Waals surface area (Å²) >= 11 is 2.80. The molecule has 1 aromatic carbocycles. The molecule has 23 heavy (non-hydrogen) atoms. The van der Waals surface area contributed by atoms with E-state index in [1.165, 1.54) is 28.7 Å². The fourth-order valence-electron chi connectivity index (χ4n) is 1.86. The Morgan fingerprint density at radius 3 is 2.87 bits per heavy atom. The number of carbonyl (C=O) groups excluding carboxylic acids is 1. The third-order valence-corrected chi connectivity index (χ3v) is 5.03. The van der Waals surface area contributed by atoms with E-state index >= 15 is 0 Å². The summed E-state index contributed by atoms with van der Waals surface area (Å²) in [6.07, 6.45) is 0. The Morgan fingerprint density at radius 1 is 1.35 bits per heavy atom. The minimum atomic E-state index is -0.0413. The van der Waals surface area contributed by atoms with Crippen LogP contribution in [0.4, 0.5) is 5.13 Å². The molecule has 1 heterocycles. The summed E-state index contributed by atoms with van der Waals surface area (Å²) in [6, 6.07) is 6.04. The summed E-state index contributed by atoms with van der Waals surface area (Å²) in [5, 5.41) is 14.4. The van der Waals surface area contributed by atoms with E-state index in [9.17, 15) is 4.79 Å². The van der Waals surface area contributed by atoms with E-state index in [-0.39, 0.29) is 5.91 Å². The van der Waals surface area contributed by atoms with Crippen LogP contribution in [0.5, 0.6) is 5.75 Å². The highest BCUT2D eigenvalue weighted by Crippen LogP contribution is 2.24. The molecule has 124 valence electrons. The molecular weight excluding hydrogens is 332 g/mol. The number of benzene rings is 1. The van der Waals surface area contributed by atoms with Gasteiger partial charge in [-0.2, -0.15) is 0 Å². The van der Waals surface area contributed by atoms with Gasteiger partial charge in [0.2, 0.25) is 11.0 Å². The normalized spacial score (nSPS) is 10.4. The summed E-state index contributed by atoms with van der Waals surface area (Å²) < 4.78 is 6.45. The zero-order valence-electron chi connectivity index (χ0n) is 13.4. The van der Waals surface area contributed by atoms with Crippen LogP contribution in [0.2, 0.25) is 0 Å². The highest BCUT2D eigenvalue weighted by atomic mass is 32.2. The van der Waals surface area contributed by atoms with Crippen LogP contribution in [-0.2, 0) is 4.79 Å². The number of hydrogen-bond donors (Lipinski definition) is 2. The molecule has 0 spiro atoms. The smallest absolute Gasteiger partial charge is 0.230 e. The molecule has 2 N–H and O–H groups in total. The molecule has 0 aliphatic heterocycles. The maximum absolute atomic E-state index is 11.8. The minimum absolute atomic E-state index is 0.0413. The molecule has 0 aliphatic rings. The molecule has 6 nitrogen and oxygen atoms in total. The lowest BCUT2D eigenvalue weighted by atomic mass is 10.1. The van der Waals surface area contributed by atoms with E-state index in [4.69, 9.17) is 4.74 Å². The third kappa shape index (κ3) is 5.72. The van der Waals surface area contributed by atoms with Gasteiger partial charge < -0.3 is 15.4 Å². The van der Waals surface area contributed by atoms with Gasteiger partial charge in [0.25, 0.3) is 0 Å². The number of carbonyl (C=O) groups is 1. The average molecular weight is 352 g/mol. The van der Waals surface area contributed by atoms with E-state index in [0.29, 0.717) is 18.9 Å². The number of aromatic nitrogens is 2. The number of nitrogens with one attached hydrogen (secondary N) is 2. The predicted molar refractivity (Wildman–Crippen MR) is 94.6 cm³/mol. The number of aryl methyl sites for hydroxylation is 2. The van der Waals surface area contributed by atoms with Crippen molar-refractivity contribution in [2.75, 3.05) is 31.3 Å². The minimum Gasteiger partial charge on any atom is -0.491 e.